The Morgan fingerprint density at radius 1 is 1.27 bits per heavy atom. The molecule has 1 atom stereocenters. The summed E-state index contributed by atoms with van der Waals surface area (Å²) in [5.74, 6) is -0.0846. The molecule has 4 heteroatoms. The number of hydrogen-bond donors (Lipinski definition) is 2. The fraction of sp³-hybridized carbons (Fsp3) is 0.389. The Morgan fingerprint density at radius 2 is 2.09 bits per heavy atom. The molecule has 1 amide bonds. The summed E-state index contributed by atoms with van der Waals surface area (Å²) in [5, 5.41) is 2.91. The van der Waals surface area contributed by atoms with Crippen molar-refractivity contribution in [1.82, 2.24) is 9.88 Å². The number of hydrogen-bond acceptors (Lipinski definition) is 2. The van der Waals surface area contributed by atoms with E-state index in [9.17, 15) is 4.79 Å². The Hall–Kier alpha value is -2.07. The van der Waals surface area contributed by atoms with Gasteiger partial charge in [0.2, 0.25) is 0 Å². The van der Waals surface area contributed by atoms with Crippen molar-refractivity contribution >= 4 is 11.6 Å². The van der Waals surface area contributed by atoms with Gasteiger partial charge >= 0.3 is 0 Å². The second kappa shape index (κ2) is 6.79. The van der Waals surface area contributed by atoms with Crippen LogP contribution in [0.1, 0.15) is 42.1 Å². The molecule has 4 nitrogen and oxygen atoms in total. The number of aromatic amines is 1. The first-order valence-corrected chi connectivity index (χ1v) is 7.99. The molecule has 2 heterocycles. The highest BCUT2D eigenvalue weighted by molar-refractivity contribution is 6.04. The van der Waals surface area contributed by atoms with E-state index in [4.69, 9.17) is 0 Å². The van der Waals surface area contributed by atoms with Crippen LogP contribution in [0.5, 0.6) is 0 Å². The van der Waals surface area contributed by atoms with Crippen LogP contribution in [0.25, 0.3) is 0 Å². The van der Waals surface area contributed by atoms with Crippen molar-refractivity contribution in [1.29, 1.82) is 0 Å². The fourth-order valence-electron chi connectivity index (χ4n) is 2.99. The molecule has 3 rings (SSSR count). The first-order valence-electron chi connectivity index (χ1n) is 7.99. The third kappa shape index (κ3) is 3.57. The van der Waals surface area contributed by atoms with Crippen LogP contribution in [0, 0.1) is 0 Å². The molecule has 0 radical (unpaired) electrons. The van der Waals surface area contributed by atoms with Gasteiger partial charge in [0.05, 0.1) is 5.56 Å². The summed E-state index contributed by atoms with van der Waals surface area (Å²) in [6.45, 7) is 4.49. The maximum Gasteiger partial charge on any atom is 0.257 e. The van der Waals surface area contributed by atoms with E-state index in [1.165, 1.54) is 31.4 Å². The summed E-state index contributed by atoms with van der Waals surface area (Å²) in [5.41, 5.74) is 2.78. The number of nitrogens with zero attached hydrogens (tertiary/aromatic N) is 1. The number of anilines is 1. The molecule has 1 fully saturated rings. The van der Waals surface area contributed by atoms with Crippen LogP contribution in [0.15, 0.2) is 42.7 Å². The van der Waals surface area contributed by atoms with Gasteiger partial charge in [0.15, 0.2) is 0 Å². The second-order valence-corrected chi connectivity index (χ2v) is 6.07. The quantitative estimate of drug-likeness (QED) is 0.905. The topological polar surface area (TPSA) is 48.1 Å². The van der Waals surface area contributed by atoms with Gasteiger partial charge in [-0.2, -0.15) is 0 Å². The Morgan fingerprint density at radius 3 is 2.77 bits per heavy atom. The lowest BCUT2D eigenvalue weighted by atomic mass is 10.0. The highest BCUT2D eigenvalue weighted by Gasteiger charge is 2.18. The maximum absolute atomic E-state index is 12.0. The first kappa shape index (κ1) is 14.9. The number of aromatic nitrogens is 1. The fourth-order valence-corrected chi connectivity index (χ4v) is 2.99. The molecule has 1 aromatic heterocycles. The smallest absolute Gasteiger partial charge is 0.257 e. The van der Waals surface area contributed by atoms with Crippen molar-refractivity contribution < 1.29 is 4.79 Å². The summed E-state index contributed by atoms with van der Waals surface area (Å²) >= 11 is 0. The Kier molecular flexibility index (Phi) is 4.59. The lowest BCUT2D eigenvalue weighted by molar-refractivity contribution is 0.102. The number of likely N-dealkylation sites (tertiary alicyclic amines) is 1. The molecular formula is C18H23N3O. The largest absolute Gasteiger partial charge is 0.367 e. The van der Waals surface area contributed by atoms with E-state index in [-0.39, 0.29) is 5.91 Å². The third-order valence-electron chi connectivity index (χ3n) is 4.40. The first-order chi connectivity index (χ1) is 10.7. The summed E-state index contributed by atoms with van der Waals surface area (Å²) in [7, 11) is 0. The van der Waals surface area contributed by atoms with Gasteiger partial charge in [0.25, 0.3) is 5.91 Å². The summed E-state index contributed by atoms with van der Waals surface area (Å²) in [6, 6.07) is 10.6. The molecule has 1 unspecified atom stereocenters. The zero-order chi connectivity index (χ0) is 15.4. The molecule has 2 aromatic rings. The second-order valence-electron chi connectivity index (χ2n) is 6.07. The van der Waals surface area contributed by atoms with E-state index in [0.717, 1.165) is 12.2 Å². The number of carbonyl (C=O) groups is 1. The molecule has 1 saturated heterocycles. The predicted octanol–water partition coefficient (Wildman–Crippen LogP) is 3.64. The van der Waals surface area contributed by atoms with Crippen molar-refractivity contribution in [2.45, 2.75) is 38.8 Å². The molecule has 0 aliphatic carbocycles. The van der Waals surface area contributed by atoms with Gasteiger partial charge in [0.1, 0.15) is 0 Å². The van der Waals surface area contributed by atoms with E-state index in [1.54, 1.807) is 18.5 Å². The van der Waals surface area contributed by atoms with Gasteiger partial charge in [-0.25, -0.2) is 0 Å². The van der Waals surface area contributed by atoms with Crippen molar-refractivity contribution in [3.05, 3.63) is 53.9 Å². The van der Waals surface area contributed by atoms with Crippen molar-refractivity contribution in [2.75, 3.05) is 11.9 Å². The number of amides is 1. The van der Waals surface area contributed by atoms with Crippen LogP contribution in [0.2, 0.25) is 0 Å². The molecule has 2 N–H and O–H groups in total. The molecule has 0 bridgehead atoms. The molecule has 0 saturated carbocycles. The van der Waals surface area contributed by atoms with Gasteiger partial charge in [-0.15, -0.1) is 0 Å². The van der Waals surface area contributed by atoms with Gasteiger partial charge in [-0.1, -0.05) is 18.6 Å². The zero-order valence-electron chi connectivity index (χ0n) is 13.0. The van der Waals surface area contributed by atoms with Crippen molar-refractivity contribution in [3.63, 3.8) is 0 Å². The molecule has 1 aliphatic heterocycles. The van der Waals surface area contributed by atoms with Gasteiger partial charge in [-0.3, -0.25) is 9.69 Å². The summed E-state index contributed by atoms with van der Waals surface area (Å²) in [6.07, 6.45) is 7.39. The van der Waals surface area contributed by atoms with Gasteiger partial charge < -0.3 is 10.3 Å². The summed E-state index contributed by atoms with van der Waals surface area (Å²) in [4.78, 5) is 17.4. The normalized spacial score (nSPS) is 19.0. The minimum absolute atomic E-state index is 0.0846. The van der Waals surface area contributed by atoms with Crippen LogP contribution in [0.4, 0.5) is 5.69 Å². The number of carbonyl (C=O) groups excluding carboxylic acids is 1. The Labute approximate surface area is 131 Å². The average molecular weight is 297 g/mol. The molecule has 22 heavy (non-hydrogen) atoms. The maximum atomic E-state index is 12.0. The van der Waals surface area contributed by atoms with Crippen LogP contribution in [0.3, 0.4) is 0 Å². The number of benzene rings is 1. The zero-order valence-corrected chi connectivity index (χ0v) is 13.0. The van der Waals surface area contributed by atoms with Gasteiger partial charge in [0, 0.05) is 30.7 Å². The molecule has 1 aliphatic rings. The van der Waals surface area contributed by atoms with E-state index in [1.807, 2.05) is 12.1 Å². The van der Waals surface area contributed by atoms with E-state index in [2.05, 4.69) is 34.3 Å². The summed E-state index contributed by atoms with van der Waals surface area (Å²) < 4.78 is 0. The molecule has 0 spiro atoms. The Balaban J connectivity index is 1.59. The predicted molar refractivity (Wildman–Crippen MR) is 88.9 cm³/mol. The Bertz CT molecular complexity index is 604. The highest BCUT2D eigenvalue weighted by atomic mass is 16.1. The lowest BCUT2D eigenvalue weighted by Gasteiger charge is -2.33. The average Bonchev–Trinajstić information content (AvgIpc) is 3.06. The number of nitrogens with one attached hydrogen (secondary N) is 2. The SMILES string of the molecule is CC1CCCCN1Cc1ccc(NC(=O)c2cc[nH]c2)cc1. The van der Waals surface area contributed by atoms with Crippen molar-refractivity contribution in [2.24, 2.45) is 0 Å². The standard InChI is InChI=1S/C18H23N3O/c1-14-4-2-3-11-21(14)13-15-5-7-17(8-6-15)20-18(22)16-9-10-19-12-16/h5-10,12,14,19H,2-4,11,13H2,1H3,(H,20,22). The molecular weight excluding hydrogens is 274 g/mol. The number of rotatable bonds is 4. The van der Waals surface area contributed by atoms with E-state index >= 15 is 0 Å². The van der Waals surface area contributed by atoms with Crippen LogP contribution < -0.4 is 5.32 Å². The van der Waals surface area contributed by atoms with Gasteiger partial charge in [-0.05, 0) is 50.1 Å². The minimum Gasteiger partial charge on any atom is -0.367 e. The van der Waals surface area contributed by atoms with Crippen LogP contribution in [-0.2, 0) is 6.54 Å². The van der Waals surface area contributed by atoms with Crippen LogP contribution in [-0.4, -0.2) is 28.4 Å². The molecule has 116 valence electrons. The number of piperidine rings is 1. The lowest BCUT2D eigenvalue weighted by Crippen LogP contribution is -2.36. The van der Waals surface area contributed by atoms with E-state index in [0.29, 0.717) is 11.6 Å². The monoisotopic (exact) mass is 297 g/mol. The third-order valence-corrected chi connectivity index (χ3v) is 4.40. The minimum atomic E-state index is -0.0846. The van der Waals surface area contributed by atoms with Crippen molar-refractivity contribution in [3.8, 4) is 0 Å². The molecule has 1 aromatic carbocycles. The number of H-pyrrole nitrogens is 1. The van der Waals surface area contributed by atoms with E-state index < -0.39 is 0 Å². The highest BCUT2D eigenvalue weighted by Crippen LogP contribution is 2.20. The van der Waals surface area contributed by atoms with Crippen LogP contribution >= 0.6 is 0 Å².